The number of hydrogen-bond acceptors (Lipinski definition) is 3. The Kier molecular flexibility index (Phi) is 3.23. The summed E-state index contributed by atoms with van der Waals surface area (Å²) in [6.07, 6.45) is 5.08. The average molecular weight is 333 g/mol. The van der Waals surface area contributed by atoms with Gasteiger partial charge in [-0.25, -0.2) is 14.4 Å². The Hall–Kier alpha value is -2.21. The number of aromatic nitrogens is 3. The average Bonchev–Trinajstić information content (AvgIpc) is 2.92. The molecule has 2 aromatic heterocycles. The normalized spacial score (nSPS) is 10.7. The van der Waals surface area contributed by atoms with E-state index >= 15 is 0 Å². The van der Waals surface area contributed by atoms with Crippen LogP contribution in [0.1, 0.15) is 0 Å². The molecule has 0 amide bonds. The Labute approximate surface area is 123 Å². The van der Waals surface area contributed by atoms with Crippen molar-refractivity contribution < 1.29 is 4.39 Å². The van der Waals surface area contributed by atoms with Crippen molar-refractivity contribution in [3.05, 3.63) is 59.3 Å². The summed E-state index contributed by atoms with van der Waals surface area (Å²) in [6, 6.07) is 8.40. The predicted molar refractivity (Wildman–Crippen MR) is 78.9 cm³/mol. The third-order valence-corrected chi connectivity index (χ3v) is 3.51. The standard InChI is InChI=1S/C14H10BrFN4/c15-11-5-10(2-3-12(11)16)20-8-18-7-13(20)9-1-4-14(17)19-6-9/h1-8H,(H2,17,19). The number of halogens is 2. The van der Waals surface area contributed by atoms with E-state index in [0.717, 1.165) is 16.9 Å². The summed E-state index contributed by atoms with van der Waals surface area (Å²) in [5, 5.41) is 0. The van der Waals surface area contributed by atoms with Gasteiger partial charge in [0.15, 0.2) is 0 Å². The minimum absolute atomic E-state index is 0.301. The molecular weight excluding hydrogens is 323 g/mol. The van der Waals surface area contributed by atoms with Gasteiger partial charge in [0.25, 0.3) is 0 Å². The van der Waals surface area contributed by atoms with Crippen molar-refractivity contribution in [3.63, 3.8) is 0 Å². The number of pyridine rings is 1. The van der Waals surface area contributed by atoms with Crippen LogP contribution in [0, 0.1) is 5.82 Å². The molecule has 2 heterocycles. The van der Waals surface area contributed by atoms with E-state index in [1.54, 1.807) is 36.9 Å². The maximum atomic E-state index is 13.3. The fraction of sp³-hybridized carbons (Fsp3) is 0. The summed E-state index contributed by atoms with van der Waals surface area (Å²) in [5.41, 5.74) is 8.14. The first-order valence-corrected chi connectivity index (χ1v) is 6.64. The lowest BCUT2D eigenvalue weighted by Gasteiger charge is -2.09. The number of nitrogens with two attached hydrogens (primary N) is 1. The molecule has 4 nitrogen and oxygen atoms in total. The summed E-state index contributed by atoms with van der Waals surface area (Å²) in [4.78, 5) is 8.21. The van der Waals surface area contributed by atoms with Crippen molar-refractivity contribution in [3.8, 4) is 16.9 Å². The zero-order valence-corrected chi connectivity index (χ0v) is 11.9. The number of nitrogens with zero attached hydrogens (tertiary/aromatic N) is 3. The van der Waals surface area contributed by atoms with Crippen LogP contribution in [-0.4, -0.2) is 14.5 Å². The van der Waals surface area contributed by atoms with Gasteiger partial charge in [-0.2, -0.15) is 0 Å². The fourth-order valence-electron chi connectivity index (χ4n) is 1.91. The van der Waals surface area contributed by atoms with Crippen molar-refractivity contribution in [2.75, 3.05) is 5.73 Å². The molecule has 2 N–H and O–H groups in total. The number of anilines is 1. The van der Waals surface area contributed by atoms with Crippen molar-refractivity contribution in [1.29, 1.82) is 0 Å². The van der Waals surface area contributed by atoms with Crippen molar-refractivity contribution >= 4 is 21.7 Å². The molecule has 100 valence electrons. The van der Waals surface area contributed by atoms with Crippen LogP contribution < -0.4 is 5.73 Å². The summed E-state index contributed by atoms with van der Waals surface area (Å²) >= 11 is 3.18. The molecule has 0 bridgehead atoms. The van der Waals surface area contributed by atoms with Gasteiger partial charge < -0.3 is 5.73 Å². The molecule has 3 rings (SSSR count). The second-order valence-corrected chi connectivity index (χ2v) is 5.07. The number of benzene rings is 1. The molecule has 0 saturated carbocycles. The van der Waals surface area contributed by atoms with Crippen molar-refractivity contribution in [2.45, 2.75) is 0 Å². The maximum absolute atomic E-state index is 13.3. The highest BCUT2D eigenvalue weighted by molar-refractivity contribution is 9.10. The minimum atomic E-state index is -0.301. The molecule has 0 spiro atoms. The highest BCUT2D eigenvalue weighted by atomic mass is 79.9. The monoisotopic (exact) mass is 332 g/mol. The van der Waals surface area contributed by atoms with E-state index in [1.165, 1.54) is 6.07 Å². The van der Waals surface area contributed by atoms with E-state index in [4.69, 9.17) is 5.73 Å². The quantitative estimate of drug-likeness (QED) is 0.782. The zero-order chi connectivity index (χ0) is 14.1. The van der Waals surface area contributed by atoms with E-state index < -0.39 is 0 Å². The molecule has 0 aliphatic rings. The highest BCUT2D eigenvalue weighted by Crippen LogP contribution is 2.25. The van der Waals surface area contributed by atoms with Gasteiger partial charge >= 0.3 is 0 Å². The Morgan fingerprint density at radius 3 is 2.70 bits per heavy atom. The van der Waals surface area contributed by atoms with Crippen LogP contribution in [0.5, 0.6) is 0 Å². The first-order valence-electron chi connectivity index (χ1n) is 5.85. The summed E-state index contributed by atoms with van der Waals surface area (Å²) in [6.45, 7) is 0. The molecule has 0 atom stereocenters. The Morgan fingerprint density at radius 2 is 2.00 bits per heavy atom. The molecule has 0 aliphatic carbocycles. The molecule has 0 unspecified atom stereocenters. The van der Waals surface area contributed by atoms with Gasteiger partial charge in [0.1, 0.15) is 11.6 Å². The molecule has 0 saturated heterocycles. The largest absolute Gasteiger partial charge is 0.384 e. The van der Waals surface area contributed by atoms with Crippen LogP contribution >= 0.6 is 15.9 Å². The van der Waals surface area contributed by atoms with Crippen LogP contribution in [0.15, 0.2) is 53.5 Å². The summed E-state index contributed by atoms with van der Waals surface area (Å²) in [5.74, 6) is 0.161. The van der Waals surface area contributed by atoms with E-state index in [1.807, 2.05) is 10.6 Å². The van der Waals surface area contributed by atoms with Crippen LogP contribution in [-0.2, 0) is 0 Å². The molecule has 0 fully saturated rings. The van der Waals surface area contributed by atoms with Gasteiger partial charge in [-0.1, -0.05) is 0 Å². The van der Waals surface area contributed by atoms with Gasteiger partial charge in [-0.15, -0.1) is 0 Å². The maximum Gasteiger partial charge on any atom is 0.137 e. The summed E-state index contributed by atoms with van der Waals surface area (Å²) in [7, 11) is 0. The second-order valence-electron chi connectivity index (χ2n) is 4.22. The Morgan fingerprint density at radius 1 is 1.15 bits per heavy atom. The van der Waals surface area contributed by atoms with Crippen LogP contribution in [0.3, 0.4) is 0 Å². The van der Waals surface area contributed by atoms with E-state index in [-0.39, 0.29) is 5.82 Å². The topological polar surface area (TPSA) is 56.7 Å². The van der Waals surface area contributed by atoms with Gasteiger partial charge in [-0.3, -0.25) is 4.57 Å². The molecule has 0 radical (unpaired) electrons. The molecule has 3 aromatic rings. The van der Waals surface area contributed by atoms with Crippen LogP contribution in [0.2, 0.25) is 0 Å². The van der Waals surface area contributed by atoms with Crippen molar-refractivity contribution in [2.24, 2.45) is 0 Å². The molecule has 6 heteroatoms. The van der Waals surface area contributed by atoms with Crippen LogP contribution in [0.25, 0.3) is 16.9 Å². The van der Waals surface area contributed by atoms with E-state index in [2.05, 4.69) is 25.9 Å². The highest BCUT2D eigenvalue weighted by Gasteiger charge is 2.09. The SMILES string of the molecule is Nc1ccc(-c2cncn2-c2ccc(F)c(Br)c2)cn1. The van der Waals surface area contributed by atoms with Gasteiger partial charge in [0.2, 0.25) is 0 Å². The van der Waals surface area contributed by atoms with E-state index in [0.29, 0.717) is 10.3 Å². The van der Waals surface area contributed by atoms with Gasteiger partial charge in [0.05, 0.1) is 22.7 Å². The Balaban J connectivity index is 2.10. The minimum Gasteiger partial charge on any atom is -0.384 e. The third-order valence-electron chi connectivity index (χ3n) is 2.90. The summed E-state index contributed by atoms with van der Waals surface area (Å²) < 4.78 is 15.6. The van der Waals surface area contributed by atoms with Crippen molar-refractivity contribution in [1.82, 2.24) is 14.5 Å². The lowest BCUT2D eigenvalue weighted by Crippen LogP contribution is -1.97. The lowest BCUT2D eigenvalue weighted by atomic mass is 10.2. The van der Waals surface area contributed by atoms with Crippen LogP contribution in [0.4, 0.5) is 10.2 Å². The molecule has 20 heavy (non-hydrogen) atoms. The first-order chi connectivity index (χ1) is 9.65. The molecule has 1 aromatic carbocycles. The number of imidazole rings is 1. The Bertz CT molecular complexity index is 752. The second kappa shape index (κ2) is 5.05. The predicted octanol–water partition coefficient (Wildman–Crippen LogP) is 3.42. The van der Waals surface area contributed by atoms with E-state index in [9.17, 15) is 4.39 Å². The smallest absolute Gasteiger partial charge is 0.137 e. The molecule has 0 aliphatic heterocycles. The number of nitrogen functional groups attached to an aromatic ring is 1. The zero-order valence-electron chi connectivity index (χ0n) is 10.3. The van der Waals surface area contributed by atoms with Gasteiger partial charge in [-0.05, 0) is 46.3 Å². The number of hydrogen-bond donors (Lipinski definition) is 1. The fourth-order valence-corrected chi connectivity index (χ4v) is 2.27. The first kappa shape index (κ1) is 12.8. The molecular formula is C14H10BrFN4. The lowest BCUT2D eigenvalue weighted by molar-refractivity contribution is 0.620. The number of rotatable bonds is 2. The third kappa shape index (κ3) is 2.30. The van der Waals surface area contributed by atoms with Gasteiger partial charge in [0, 0.05) is 17.4 Å².